The highest BCUT2D eigenvalue weighted by Gasteiger charge is 1.95. The van der Waals surface area contributed by atoms with E-state index >= 15 is 0 Å². The van der Waals surface area contributed by atoms with E-state index in [0.29, 0.717) is 6.54 Å². The number of nitrogens with two attached hydrogens (primary N) is 1. The molecule has 12 heavy (non-hydrogen) atoms. The molecule has 0 heterocycles. The summed E-state index contributed by atoms with van der Waals surface area (Å²) in [5.41, 5.74) is 7.57. The summed E-state index contributed by atoms with van der Waals surface area (Å²) in [5, 5.41) is 0. The van der Waals surface area contributed by atoms with Crippen molar-refractivity contribution in [2.45, 2.75) is 13.8 Å². The van der Waals surface area contributed by atoms with Crippen LogP contribution in [0.2, 0.25) is 0 Å². The zero-order valence-corrected chi connectivity index (χ0v) is 7.75. The maximum Gasteiger partial charge on any atom is 0.0339 e. The van der Waals surface area contributed by atoms with Gasteiger partial charge in [0.15, 0.2) is 0 Å². The van der Waals surface area contributed by atoms with Crippen LogP contribution in [0.5, 0.6) is 0 Å². The normalized spacial score (nSPS) is 13.9. The van der Waals surface area contributed by atoms with Gasteiger partial charge in [-0.05, 0) is 25.0 Å². The lowest BCUT2D eigenvalue weighted by Crippen LogP contribution is -2.04. The van der Waals surface area contributed by atoms with Crippen molar-refractivity contribution in [2.24, 2.45) is 10.7 Å². The van der Waals surface area contributed by atoms with E-state index in [4.69, 9.17) is 5.73 Å². The Morgan fingerprint density at radius 2 is 2.17 bits per heavy atom. The Bertz CT molecular complexity index is 222. The maximum absolute atomic E-state index is 5.52. The lowest BCUT2D eigenvalue weighted by molar-refractivity contribution is 1.15. The van der Waals surface area contributed by atoms with Gasteiger partial charge in [-0.2, -0.15) is 0 Å². The Hall–Kier alpha value is -1.15. The molecule has 0 atom stereocenters. The molecule has 0 aliphatic heterocycles. The Morgan fingerprint density at radius 3 is 2.50 bits per heavy atom. The maximum atomic E-state index is 5.52. The van der Waals surface area contributed by atoms with Crippen LogP contribution in [0.25, 0.3) is 0 Å². The number of aliphatic imine (C=N–C) groups is 1. The van der Waals surface area contributed by atoms with E-state index in [1.165, 1.54) is 0 Å². The molecule has 2 heteroatoms. The SMILES string of the molecule is C=CC(=C\N=C/C)/C(=C\C)CN. The summed E-state index contributed by atoms with van der Waals surface area (Å²) in [6.45, 7) is 8.04. The number of hydrogen-bond donors (Lipinski definition) is 1. The van der Waals surface area contributed by atoms with Crippen molar-refractivity contribution in [3.05, 3.63) is 36.1 Å². The minimum atomic E-state index is 0.521. The fourth-order valence-corrected chi connectivity index (χ4v) is 0.824. The molecule has 0 aromatic carbocycles. The van der Waals surface area contributed by atoms with Gasteiger partial charge in [0, 0.05) is 19.0 Å². The van der Waals surface area contributed by atoms with E-state index in [0.717, 1.165) is 11.1 Å². The van der Waals surface area contributed by atoms with E-state index in [9.17, 15) is 0 Å². The number of rotatable bonds is 4. The first-order chi connectivity index (χ1) is 5.79. The highest BCUT2D eigenvalue weighted by molar-refractivity contribution is 5.55. The van der Waals surface area contributed by atoms with Gasteiger partial charge in [0.2, 0.25) is 0 Å². The largest absolute Gasteiger partial charge is 0.326 e. The van der Waals surface area contributed by atoms with Crippen LogP contribution in [0.4, 0.5) is 0 Å². The Morgan fingerprint density at radius 1 is 1.50 bits per heavy atom. The highest BCUT2D eigenvalue weighted by atomic mass is 14.7. The summed E-state index contributed by atoms with van der Waals surface area (Å²) in [6.07, 6.45) is 7.22. The van der Waals surface area contributed by atoms with Crippen molar-refractivity contribution in [1.82, 2.24) is 0 Å². The van der Waals surface area contributed by atoms with Gasteiger partial charge in [0.25, 0.3) is 0 Å². The molecule has 0 saturated carbocycles. The van der Waals surface area contributed by atoms with Crippen LogP contribution in [0, 0.1) is 0 Å². The molecule has 0 aromatic heterocycles. The molecule has 0 radical (unpaired) electrons. The van der Waals surface area contributed by atoms with Gasteiger partial charge in [-0.15, -0.1) is 0 Å². The van der Waals surface area contributed by atoms with E-state index < -0.39 is 0 Å². The standard InChI is InChI=1S/C10H16N2/c1-4-9(7-11)10(5-2)8-12-6-3/h4-6,8H,2,7,11H2,1,3H3/b9-4-,10-8+,12-6-. The number of hydrogen-bond acceptors (Lipinski definition) is 2. The molecule has 0 amide bonds. The van der Waals surface area contributed by atoms with Gasteiger partial charge < -0.3 is 5.73 Å². The summed E-state index contributed by atoms with van der Waals surface area (Å²) in [7, 11) is 0. The van der Waals surface area contributed by atoms with E-state index in [1.54, 1.807) is 18.5 Å². The molecule has 2 N–H and O–H groups in total. The summed E-state index contributed by atoms with van der Waals surface area (Å²) in [6, 6.07) is 0. The van der Waals surface area contributed by atoms with Crippen molar-refractivity contribution in [1.29, 1.82) is 0 Å². The average Bonchev–Trinajstić information content (AvgIpc) is 2.12. The molecule has 0 aromatic rings. The second-order valence-electron chi connectivity index (χ2n) is 2.21. The van der Waals surface area contributed by atoms with Crippen molar-refractivity contribution in [2.75, 3.05) is 6.54 Å². The molecule has 0 unspecified atom stereocenters. The summed E-state index contributed by atoms with van der Waals surface area (Å²) >= 11 is 0. The molecule has 0 bridgehead atoms. The molecule has 0 spiro atoms. The fraction of sp³-hybridized carbons (Fsp3) is 0.300. The van der Waals surface area contributed by atoms with Gasteiger partial charge in [-0.25, -0.2) is 0 Å². The van der Waals surface area contributed by atoms with Crippen LogP contribution in [-0.2, 0) is 0 Å². The van der Waals surface area contributed by atoms with Gasteiger partial charge in [0.1, 0.15) is 0 Å². The fourth-order valence-electron chi connectivity index (χ4n) is 0.824. The predicted molar refractivity (Wildman–Crippen MR) is 55.3 cm³/mol. The predicted octanol–water partition coefficient (Wildman–Crippen LogP) is 2.05. The van der Waals surface area contributed by atoms with Gasteiger partial charge >= 0.3 is 0 Å². The molecule has 0 fully saturated rings. The average molecular weight is 164 g/mol. The topological polar surface area (TPSA) is 38.4 Å². The van der Waals surface area contributed by atoms with Gasteiger partial charge in [0.05, 0.1) is 0 Å². The van der Waals surface area contributed by atoms with E-state index in [-0.39, 0.29) is 0 Å². The molecule has 66 valence electrons. The molecule has 0 rings (SSSR count). The van der Waals surface area contributed by atoms with Crippen LogP contribution in [0.1, 0.15) is 13.8 Å². The Kier molecular flexibility index (Phi) is 5.93. The number of nitrogens with zero attached hydrogens (tertiary/aromatic N) is 1. The molecule has 2 nitrogen and oxygen atoms in total. The minimum Gasteiger partial charge on any atom is -0.326 e. The summed E-state index contributed by atoms with van der Waals surface area (Å²) in [5.74, 6) is 0. The van der Waals surface area contributed by atoms with Gasteiger partial charge in [-0.1, -0.05) is 18.7 Å². The first-order valence-corrected chi connectivity index (χ1v) is 3.96. The lowest BCUT2D eigenvalue weighted by Gasteiger charge is -2.02. The zero-order chi connectivity index (χ0) is 9.40. The van der Waals surface area contributed by atoms with E-state index in [2.05, 4.69) is 11.6 Å². The molecular weight excluding hydrogens is 148 g/mol. The second kappa shape index (κ2) is 6.55. The van der Waals surface area contributed by atoms with Crippen LogP contribution >= 0.6 is 0 Å². The molecular formula is C10H16N2. The van der Waals surface area contributed by atoms with Crippen LogP contribution in [0.3, 0.4) is 0 Å². The smallest absolute Gasteiger partial charge is 0.0339 e. The Balaban J connectivity index is 4.64. The monoisotopic (exact) mass is 164 g/mol. The second-order valence-corrected chi connectivity index (χ2v) is 2.21. The minimum absolute atomic E-state index is 0.521. The van der Waals surface area contributed by atoms with Crippen molar-refractivity contribution >= 4 is 6.21 Å². The third-order valence-electron chi connectivity index (χ3n) is 1.52. The first kappa shape index (κ1) is 10.8. The summed E-state index contributed by atoms with van der Waals surface area (Å²) in [4.78, 5) is 4.01. The molecule has 0 aliphatic rings. The first-order valence-electron chi connectivity index (χ1n) is 3.96. The zero-order valence-electron chi connectivity index (χ0n) is 7.75. The quantitative estimate of drug-likeness (QED) is 0.501. The highest BCUT2D eigenvalue weighted by Crippen LogP contribution is 2.09. The summed E-state index contributed by atoms with van der Waals surface area (Å²) < 4.78 is 0. The van der Waals surface area contributed by atoms with Crippen LogP contribution < -0.4 is 5.73 Å². The lowest BCUT2D eigenvalue weighted by atomic mass is 10.1. The van der Waals surface area contributed by atoms with Crippen LogP contribution in [-0.4, -0.2) is 12.8 Å². The van der Waals surface area contributed by atoms with Crippen molar-refractivity contribution in [3.8, 4) is 0 Å². The third-order valence-corrected chi connectivity index (χ3v) is 1.52. The Labute approximate surface area is 74.2 Å². The van der Waals surface area contributed by atoms with Crippen LogP contribution in [0.15, 0.2) is 41.1 Å². The van der Waals surface area contributed by atoms with Crippen molar-refractivity contribution < 1.29 is 0 Å². The third kappa shape index (κ3) is 3.30. The molecule has 0 aliphatic carbocycles. The van der Waals surface area contributed by atoms with E-state index in [1.807, 2.05) is 19.9 Å². The van der Waals surface area contributed by atoms with Gasteiger partial charge in [-0.3, -0.25) is 4.99 Å². The molecule has 0 saturated heterocycles. The van der Waals surface area contributed by atoms with Crippen molar-refractivity contribution in [3.63, 3.8) is 0 Å². The number of allylic oxidation sites excluding steroid dienone is 2.